The number of rotatable bonds is 10. The molecule has 0 spiro atoms. The lowest BCUT2D eigenvalue weighted by atomic mass is 9.84. The van der Waals surface area contributed by atoms with Gasteiger partial charge in [-0.3, -0.25) is 4.98 Å². The lowest BCUT2D eigenvalue weighted by Gasteiger charge is -2.26. The summed E-state index contributed by atoms with van der Waals surface area (Å²) in [7, 11) is 0. The van der Waals surface area contributed by atoms with Crippen LogP contribution in [0.2, 0.25) is 0 Å². The van der Waals surface area contributed by atoms with Gasteiger partial charge in [0.15, 0.2) is 0 Å². The summed E-state index contributed by atoms with van der Waals surface area (Å²) in [5.41, 5.74) is 7.53. The van der Waals surface area contributed by atoms with Crippen LogP contribution in [0.3, 0.4) is 0 Å². The maximum absolute atomic E-state index is 14.3. The Bertz CT molecular complexity index is 1940. The highest BCUT2D eigenvalue weighted by Crippen LogP contribution is 2.48. The van der Waals surface area contributed by atoms with Crippen LogP contribution in [0, 0.1) is 11.2 Å². The van der Waals surface area contributed by atoms with E-state index in [0.717, 1.165) is 52.3 Å². The fraction of sp³-hybridized carbons (Fsp3) is 0.278. The quantitative estimate of drug-likeness (QED) is 0.169. The third-order valence-corrected chi connectivity index (χ3v) is 9.63. The summed E-state index contributed by atoms with van der Waals surface area (Å²) >= 11 is 1.93. The van der Waals surface area contributed by atoms with Crippen LogP contribution in [-0.2, 0) is 32.4 Å². The van der Waals surface area contributed by atoms with E-state index in [1.807, 2.05) is 48.3 Å². The molecule has 0 aliphatic carbocycles. The van der Waals surface area contributed by atoms with Gasteiger partial charge in [-0.15, -0.1) is 16.9 Å². The number of nitrogens with zero attached hydrogens (tertiary/aromatic N) is 5. The molecule has 7 rings (SSSR count). The van der Waals surface area contributed by atoms with Crippen molar-refractivity contribution >= 4 is 22.7 Å². The van der Waals surface area contributed by atoms with E-state index in [1.165, 1.54) is 27.6 Å². The van der Waals surface area contributed by atoms with Crippen LogP contribution in [0.1, 0.15) is 49.1 Å². The first-order valence-electron chi connectivity index (χ1n) is 15.3. The van der Waals surface area contributed by atoms with Gasteiger partial charge in [0.1, 0.15) is 24.0 Å². The summed E-state index contributed by atoms with van der Waals surface area (Å²) in [6.07, 6.45) is 4.33. The molecule has 1 aliphatic heterocycles. The smallest absolute Gasteiger partial charge is 0.148 e. The molecule has 3 aromatic carbocycles. The normalized spacial score (nSPS) is 14.6. The second-order valence-corrected chi connectivity index (χ2v) is 14.1. The Morgan fingerprint density at radius 2 is 1.87 bits per heavy atom. The zero-order chi connectivity index (χ0) is 31.0. The van der Waals surface area contributed by atoms with Gasteiger partial charge in [0.25, 0.3) is 0 Å². The molecule has 1 aliphatic rings. The lowest BCUT2D eigenvalue weighted by molar-refractivity contribution is 0.298. The minimum atomic E-state index is -0.224. The molecular weight excluding hydrogens is 584 g/mol. The molecule has 4 heterocycles. The highest BCUT2D eigenvalue weighted by molar-refractivity contribution is 8.00. The van der Waals surface area contributed by atoms with Gasteiger partial charge in [0.2, 0.25) is 0 Å². The van der Waals surface area contributed by atoms with Crippen molar-refractivity contribution in [3.05, 3.63) is 119 Å². The molecule has 9 heteroatoms. The van der Waals surface area contributed by atoms with Gasteiger partial charge in [0, 0.05) is 51.5 Å². The SMILES string of the molecule is CC1Cc2c(OCc3ccc(-c4ccccc4)cn3)ccc3c2c(c(CC(C)(C)Cc2nnn[nH]2)n3Cc2cccc(F)c2)S1. The Hall–Kier alpha value is -4.50. The molecule has 0 radical (unpaired) electrons. The monoisotopic (exact) mass is 618 g/mol. The van der Waals surface area contributed by atoms with Crippen molar-refractivity contribution in [1.82, 2.24) is 30.2 Å². The van der Waals surface area contributed by atoms with Gasteiger partial charge in [0.05, 0.1) is 11.2 Å². The first kappa shape index (κ1) is 29.2. The standard InChI is InChI=1S/C36H35FN6OS/c1-23-16-29-32(44-22-28-13-12-26(20-38-28)25-9-5-4-6-10-25)15-14-30-34(29)35(45-23)31(18-36(2,3)19-33-39-41-42-40-33)43(30)21-24-8-7-11-27(37)17-24/h4-15,17,20,23H,16,18-19,21-22H2,1-3H3,(H,39,40,41,42). The zero-order valence-electron chi connectivity index (χ0n) is 25.6. The van der Waals surface area contributed by atoms with E-state index < -0.39 is 0 Å². The number of aromatic nitrogens is 6. The Kier molecular flexibility index (Phi) is 7.87. The highest BCUT2D eigenvalue weighted by Gasteiger charge is 2.32. The Labute approximate surface area is 266 Å². The molecule has 0 saturated carbocycles. The molecule has 1 atom stereocenters. The van der Waals surface area contributed by atoms with Gasteiger partial charge in [-0.1, -0.05) is 69.3 Å². The fourth-order valence-electron chi connectivity index (χ4n) is 6.36. The molecular formula is C36H35FN6OS. The van der Waals surface area contributed by atoms with E-state index in [-0.39, 0.29) is 11.2 Å². The summed E-state index contributed by atoms with van der Waals surface area (Å²) in [5.74, 6) is 1.44. The van der Waals surface area contributed by atoms with Gasteiger partial charge < -0.3 is 9.30 Å². The third kappa shape index (κ3) is 6.22. The third-order valence-electron chi connectivity index (χ3n) is 8.38. The molecule has 0 saturated heterocycles. The molecule has 1 N–H and O–H groups in total. The van der Waals surface area contributed by atoms with Crippen molar-refractivity contribution in [2.75, 3.05) is 0 Å². The Balaban J connectivity index is 1.25. The molecule has 6 aromatic rings. The Morgan fingerprint density at radius 1 is 1.00 bits per heavy atom. The number of ether oxygens (including phenoxy) is 1. The molecule has 45 heavy (non-hydrogen) atoms. The van der Waals surface area contributed by atoms with Crippen molar-refractivity contribution in [3.63, 3.8) is 0 Å². The van der Waals surface area contributed by atoms with E-state index >= 15 is 0 Å². The number of aromatic amines is 1. The lowest BCUT2D eigenvalue weighted by Crippen LogP contribution is -2.22. The van der Waals surface area contributed by atoms with Crippen molar-refractivity contribution < 1.29 is 9.13 Å². The Morgan fingerprint density at radius 3 is 2.62 bits per heavy atom. The van der Waals surface area contributed by atoms with E-state index in [4.69, 9.17) is 9.72 Å². The summed E-state index contributed by atoms with van der Waals surface area (Å²) < 4.78 is 23.2. The van der Waals surface area contributed by atoms with E-state index in [1.54, 1.807) is 12.1 Å². The predicted molar refractivity (Wildman–Crippen MR) is 176 cm³/mol. The fourth-order valence-corrected chi connectivity index (χ4v) is 7.68. The number of pyridine rings is 1. The summed E-state index contributed by atoms with van der Waals surface area (Å²) in [6, 6.07) is 25.6. The van der Waals surface area contributed by atoms with E-state index in [0.29, 0.717) is 24.8 Å². The predicted octanol–water partition coefficient (Wildman–Crippen LogP) is 7.83. The van der Waals surface area contributed by atoms with Crippen molar-refractivity contribution in [3.8, 4) is 16.9 Å². The van der Waals surface area contributed by atoms with Crippen molar-refractivity contribution in [2.45, 2.75) is 63.3 Å². The number of nitrogens with one attached hydrogen (secondary N) is 1. The van der Waals surface area contributed by atoms with Gasteiger partial charge >= 0.3 is 0 Å². The second-order valence-electron chi connectivity index (χ2n) is 12.6. The molecule has 228 valence electrons. The van der Waals surface area contributed by atoms with Gasteiger partial charge in [-0.2, -0.15) is 0 Å². The van der Waals surface area contributed by atoms with Crippen LogP contribution in [0.15, 0.2) is 90.0 Å². The summed E-state index contributed by atoms with van der Waals surface area (Å²) in [5, 5.41) is 16.2. The van der Waals surface area contributed by atoms with Crippen LogP contribution < -0.4 is 4.74 Å². The first-order chi connectivity index (χ1) is 21.8. The summed E-state index contributed by atoms with van der Waals surface area (Å²) in [6.45, 7) is 7.73. The number of hydrogen-bond acceptors (Lipinski definition) is 6. The van der Waals surface area contributed by atoms with Crippen molar-refractivity contribution in [1.29, 1.82) is 0 Å². The topological polar surface area (TPSA) is 81.5 Å². The number of tetrazole rings is 1. The number of thioether (sulfide) groups is 1. The maximum Gasteiger partial charge on any atom is 0.148 e. The van der Waals surface area contributed by atoms with Gasteiger partial charge in [-0.05, 0) is 70.1 Å². The van der Waals surface area contributed by atoms with E-state index in [2.05, 4.69) is 76.3 Å². The molecule has 0 amide bonds. The van der Waals surface area contributed by atoms with Crippen LogP contribution in [-0.4, -0.2) is 35.4 Å². The molecule has 0 fully saturated rings. The highest BCUT2D eigenvalue weighted by atomic mass is 32.2. The minimum Gasteiger partial charge on any atom is -0.487 e. The minimum absolute atomic E-state index is 0.135. The largest absolute Gasteiger partial charge is 0.487 e. The van der Waals surface area contributed by atoms with Crippen molar-refractivity contribution in [2.24, 2.45) is 5.41 Å². The van der Waals surface area contributed by atoms with Crippen LogP contribution in [0.25, 0.3) is 22.0 Å². The van der Waals surface area contributed by atoms with Crippen LogP contribution in [0.4, 0.5) is 4.39 Å². The number of H-pyrrole nitrogens is 1. The average molecular weight is 619 g/mol. The molecule has 1 unspecified atom stereocenters. The number of halogens is 1. The average Bonchev–Trinajstić information content (AvgIpc) is 3.63. The van der Waals surface area contributed by atoms with Crippen LogP contribution >= 0.6 is 11.8 Å². The summed E-state index contributed by atoms with van der Waals surface area (Å²) in [4.78, 5) is 5.98. The molecule has 7 nitrogen and oxygen atoms in total. The number of benzene rings is 3. The zero-order valence-corrected chi connectivity index (χ0v) is 26.4. The maximum atomic E-state index is 14.3. The second kappa shape index (κ2) is 12.1. The van der Waals surface area contributed by atoms with Crippen LogP contribution in [0.5, 0.6) is 5.75 Å². The molecule has 0 bridgehead atoms. The number of hydrogen-bond donors (Lipinski definition) is 1. The van der Waals surface area contributed by atoms with Gasteiger partial charge in [-0.25, -0.2) is 9.49 Å². The molecule has 3 aromatic heterocycles. The first-order valence-corrected chi connectivity index (χ1v) is 16.1. The van der Waals surface area contributed by atoms with E-state index in [9.17, 15) is 4.39 Å².